The van der Waals surface area contributed by atoms with Crippen molar-refractivity contribution in [3.8, 4) is 17.2 Å². The van der Waals surface area contributed by atoms with Crippen LogP contribution in [-0.4, -0.2) is 6.61 Å². The lowest BCUT2D eigenvalue weighted by Gasteiger charge is -2.19. The van der Waals surface area contributed by atoms with Gasteiger partial charge >= 0.3 is 0 Å². The lowest BCUT2D eigenvalue weighted by Crippen LogP contribution is -1.99. The summed E-state index contributed by atoms with van der Waals surface area (Å²) in [5.74, 6) is 1.79. The summed E-state index contributed by atoms with van der Waals surface area (Å²) in [7, 11) is 0. The summed E-state index contributed by atoms with van der Waals surface area (Å²) in [5.41, 5.74) is 0. The van der Waals surface area contributed by atoms with Crippen LogP contribution in [0.5, 0.6) is 17.2 Å². The van der Waals surface area contributed by atoms with Crippen LogP contribution < -0.4 is 9.47 Å². The number of rotatable bonds is 5. The third-order valence-corrected chi connectivity index (χ3v) is 13.0. The van der Waals surface area contributed by atoms with Gasteiger partial charge in [0.25, 0.3) is 0 Å². The zero-order chi connectivity index (χ0) is 19.8. The molecule has 0 saturated carbocycles. The largest absolute Gasteiger partial charge is 0.487 e. The van der Waals surface area contributed by atoms with Crippen LogP contribution in [0.15, 0.2) is 52.9 Å². The molecule has 0 aliphatic carbocycles. The molecule has 2 nitrogen and oxygen atoms in total. The fourth-order valence-corrected chi connectivity index (χ4v) is 7.33. The number of hydrogen-bond acceptors (Lipinski definition) is 2. The molecule has 0 spiro atoms. The minimum absolute atomic E-state index is 0.375. The highest BCUT2D eigenvalue weighted by Crippen LogP contribution is 2.55. The fourth-order valence-electron chi connectivity index (χ4n) is 1.73. The van der Waals surface area contributed by atoms with E-state index in [1.807, 2.05) is 0 Å². The molecule has 0 fully saturated rings. The van der Waals surface area contributed by atoms with E-state index in [4.69, 9.17) is 9.47 Å². The van der Waals surface area contributed by atoms with E-state index in [2.05, 4.69) is 150 Å². The average Bonchev–Trinajstić information content (AvgIpc) is 2.62. The second-order valence-electron chi connectivity index (χ2n) is 4.51. The van der Waals surface area contributed by atoms with Crippen molar-refractivity contribution in [3.63, 3.8) is 0 Å². The summed E-state index contributed by atoms with van der Waals surface area (Å²) in [6.07, 6.45) is 1.68. The molecular formula is C15H5Br9O2. The predicted octanol–water partition coefficient (Wildman–Crippen LogP) is 10.9. The van der Waals surface area contributed by atoms with Crippen LogP contribution in [0.25, 0.3) is 0 Å². The van der Waals surface area contributed by atoms with Gasteiger partial charge in [0.1, 0.15) is 6.61 Å². The van der Waals surface area contributed by atoms with Crippen LogP contribution in [0.3, 0.4) is 0 Å². The van der Waals surface area contributed by atoms with Crippen molar-refractivity contribution in [2.45, 2.75) is 0 Å². The molecule has 0 N–H and O–H groups in total. The Hall–Kier alpha value is 2.10. The molecule has 0 unspecified atom stereocenters. The molecule has 0 saturated heterocycles. The highest BCUT2D eigenvalue weighted by Gasteiger charge is 2.25. The van der Waals surface area contributed by atoms with Crippen molar-refractivity contribution >= 4 is 143 Å². The lowest BCUT2D eigenvalue weighted by atomic mass is 10.3. The summed E-state index contributed by atoms with van der Waals surface area (Å²) in [6, 6.07) is 0. The standard InChI is InChI=1S/C15H5Br9O2/c1-2-3-25-13-9(21)11(23)15(12(24)10(13)22)26-14-7(19)5(17)4(16)6(18)8(14)20/h2H,1,3H2. The van der Waals surface area contributed by atoms with Crippen molar-refractivity contribution in [1.82, 2.24) is 0 Å². The molecule has 0 aliphatic heterocycles. The van der Waals surface area contributed by atoms with Gasteiger partial charge in [0.15, 0.2) is 17.2 Å². The van der Waals surface area contributed by atoms with Crippen LogP contribution in [0.1, 0.15) is 0 Å². The maximum absolute atomic E-state index is 6.24. The highest BCUT2D eigenvalue weighted by molar-refractivity contribution is 9.16. The second kappa shape index (κ2) is 10.4. The smallest absolute Gasteiger partial charge is 0.158 e. The van der Waals surface area contributed by atoms with Crippen molar-refractivity contribution in [1.29, 1.82) is 0 Å². The fraction of sp³-hybridized carbons (Fsp3) is 0.0667. The normalized spacial score (nSPS) is 10.8. The Labute approximate surface area is 226 Å². The summed E-state index contributed by atoms with van der Waals surface area (Å²) < 4.78 is 18.8. The first-order valence-corrected chi connectivity index (χ1v) is 13.6. The van der Waals surface area contributed by atoms with Gasteiger partial charge in [-0.3, -0.25) is 0 Å². The maximum Gasteiger partial charge on any atom is 0.158 e. The third kappa shape index (κ3) is 4.87. The topological polar surface area (TPSA) is 18.5 Å². The Morgan fingerprint density at radius 3 is 1.23 bits per heavy atom. The molecule has 2 aromatic rings. The van der Waals surface area contributed by atoms with Gasteiger partial charge in [-0.05, 0) is 143 Å². The van der Waals surface area contributed by atoms with E-state index in [1.165, 1.54) is 0 Å². The number of benzene rings is 2. The van der Waals surface area contributed by atoms with E-state index in [9.17, 15) is 0 Å². The van der Waals surface area contributed by atoms with E-state index in [0.717, 1.165) is 22.4 Å². The Morgan fingerprint density at radius 2 is 0.846 bits per heavy atom. The summed E-state index contributed by atoms with van der Waals surface area (Å²) in [4.78, 5) is 0. The molecule has 0 amide bonds. The van der Waals surface area contributed by atoms with Crippen molar-refractivity contribution < 1.29 is 9.47 Å². The molecule has 0 atom stereocenters. The Balaban J connectivity index is 2.64. The van der Waals surface area contributed by atoms with Gasteiger partial charge in [0, 0.05) is 4.47 Å². The zero-order valence-electron chi connectivity index (χ0n) is 12.2. The first-order valence-electron chi connectivity index (χ1n) is 6.42. The molecule has 26 heavy (non-hydrogen) atoms. The summed E-state index contributed by atoms with van der Waals surface area (Å²) in [6.45, 7) is 4.04. The monoisotopic (exact) mass is 927 g/mol. The quantitative estimate of drug-likeness (QED) is 0.169. The number of ether oxygens (including phenoxy) is 2. The number of hydrogen-bond donors (Lipinski definition) is 0. The first-order chi connectivity index (χ1) is 12.1. The van der Waals surface area contributed by atoms with Gasteiger partial charge in [-0.25, -0.2) is 0 Å². The molecule has 0 bridgehead atoms. The molecule has 0 aliphatic rings. The van der Waals surface area contributed by atoms with Crippen LogP contribution in [-0.2, 0) is 0 Å². The van der Waals surface area contributed by atoms with Crippen molar-refractivity contribution in [3.05, 3.63) is 52.9 Å². The van der Waals surface area contributed by atoms with Gasteiger partial charge in [0.2, 0.25) is 0 Å². The Morgan fingerprint density at radius 1 is 0.538 bits per heavy atom. The highest BCUT2D eigenvalue weighted by atomic mass is 79.9. The molecule has 2 rings (SSSR count). The molecule has 0 radical (unpaired) electrons. The molecule has 0 heterocycles. The van der Waals surface area contributed by atoms with E-state index in [1.54, 1.807) is 6.08 Å². The molecular weight excluding hydrogens is 931 g/mol. The lowest BCUT2D eigenvalue weighted by molar-refractivity contribution is 0.356. The molecule has 0 aromatic heterocycles. The summed E-state index contributed by atoms with van der Waals surface area (Å²) >= 11 is 32.0. The van der Waals surface area contributed by atoms with E-state index in [0.29, 0.717) is 41.7 Å². The average molecular weight is 936 g/mol. The first kappa shape index (κ1) is 24.4. The zero-order valence-corrected chi connectivity index (χ0v) is 26.5. The van der Waals surface area contributed by atoms with E-state index < -0.39 is 0 Å². The van der Waals surface area contributed by atoms with Crippen LogP contribution in [0.4, 0.5) is 0 Å². The minimum Gasteiger partial charge on any atom is -0.487 e. The minimum atomic E-state index is 0.375. The van der Waals surface area contributed by atoms with Crippen molar-refractivity contribution in [2.24, 2.45) is 0 Å². The van der Waals surface area contributed by atoms with Gasteiger partial charge in [0.05, 0.1) is 35.8 Å². The number of halogens is 9. The predicted molar refractivity (Wildman–Crippen MR) is 138 cm³/mol. The van der Waals surface area contributed by atoms with E-state index in [-0.39, 0.29) is 0 Å². The van der Waals surface area contributed by atoms with Gasteiger partial charge in [-0.1, -0.05) is 12.7 Å². The van der Waals surface area contributed by atoms with Crippen LogP contribution in [0, 0.1) is 0 Å². The van der Waals surface area contributed by atoms with Gasteiger partial charge in [-0.15, -0.1) is 0 Å². The molecule has 11 heteroatoms. The molecule has 2 aromatic carbocycles. The van der Waals surface area contributed by atoms with Crippen LogP contribution >= 0.6 is 143 Å². The second-order valence-corrected chi connectivity index (χ2v) is 11.7. The van der Waals surface area contributed by atoms with Gasteiger partial charge in [-0.2, -0.15) is 0 Å². The maximum atomic E-state index is 6.24. The van der Waals surface area contributed by atoms with Crippen molar-refractivity contribution in [2.75, 3.05) is 6.61 Å². The SMILES string of the molecule is C=CCOc1c(Br)c(Br)c(Oc2c(Br)c(Br)c(Br)c(Br)c2Br)c(Br)c1Br. The third-order valence-electron chi connectivity index (χ3n) is 2.90. The Kier molecular flexibility index (Phi) is 9.76. The van der Waals surface area contributed by atoms with Crippen LogP contribution in [0.2, 0.25) is 0 Å². The summed E-state index contributed by atoms with van der Waals surface area (Å²) in [5, 5.41) is 0. The van der Waals surface area contributed by atoms with Gasteiger partial charge < -0.3 is 9.47 Å². The van der Waals surface area contributed by atoms with E-state index >= 15 is 0 Å². The molecule has 140 valence electrons. The Bertz CT molecular complexity index is 838.